The molecule has 0 N–H and O–H groups in total. The van der Waals surface area contributed by atoms with Crippen molar-refractivity contribution in [1.29, 1.82) is 0 Å². The van der Waals surface area contributed by atoms with E-state index < -0.39 is 0 Å². The maximum atomic E-state index is 11.8. The van der Waals surface area contributed by atoms with Gasteiger partial charge in [0.15, 0.2) is 0 Å². The number of hydrazone groups is 1. The first-order chi connectivity index (χ1) is 14.6. The van der Waals surface area contributed by atoms with Crippen LogP contribution in [0.2, 0.25) is 5.02 Å². The van der Waals surface area contributed by atoms with Crippen molar-refractivity contribution in [3.8, 4) is 5.75 Å². The number of halogens is 1. The van der Waals surface area contributed by atoms with Crippen LogP contribution in [0.5, 0.6) is 5.75 Å². The van der Waals surface area contributed by atoms with Gasteiger partial charge >= 0.3 is 5.97 Å². The van der Waals surface area contributed by atoms with Crippen molar-refractivity contribution in [3.63, 3.8) is 0 Å². The number of benzene rings is 3. The van der Waals surface area contributed by atoms with Crippen LogP contribution in [0.25, 0.3) is 0 Å². The third-order valence-electron chi connectivity index (χ3n) is 5.49. The third kappa shape index (κ3) is 3.21. The summed E-state index contributed by atoms with van der Waals surface area (Å²) in [4.78, 5) is 11.8. The maximum Gasteiger partial charge on any atom is 0.337 e. The van der Waals surface area contributed by atoms with Crippen molar-refractivity contribution >= 4 is 23.3 Å². The molecule has 5 rings (SSSR count). The lowest BCUT2D eigenvalue weighted by Gasteiger charge is -2.38. The van der Waals surface area contributed by atoms with E-state index in [9.17, 15) is 4.79 Å². The molecule has 5 nitrogen and oxygen atoms in total. The highest BCUT2D eigenvalue weighted by atomic mass is 35.5. The zero-order valence-corrected chi connectivity index (χ0v) is 17.0. The van der Waals surface area contributed by atoms with Gasteiger partial charge in [-0.25, -0.2) is 9.80 Å². The number of esters is 1. The first-order valence-corrected chi connectivity index (χ1v) is 10.1. The summed E-state index contributed by atoms with van der Waals surface area (Å²) in [7, 11) is 1.37. The molecule has 0 spiro atoms. The molecular weight excluding hydrogens is 400 g/mol. The van der Waals surface area contributed by atoms with Crippen molar-refractivity contribution in [2.75, 3.05) is 7.11 Å². The molecule has 2 aliphatic heterocycles. The number of para-hydroxylation sites is 1. The van der Waals surface area contributed by atoms with Gasteiger partial charge in [-0.2, -0.15) is 5.10 Å². The Hall–Kier alpha value is -3.31. The largest absolute Gasteiger partial charge is 0.465 e. The van der Waals surface area contributed by atoms with Crippen molar-refractivity contribution < 1.29 is 14.3 Å². The second kappa shape index (κ2) is 7.50. The molecule has 0 fully saturated rings. The van der Waals surface area contributed by atoms with Crippen LogP contribution >= 0.6 is 11.6 Å². The Morgan fingerprint density at radius 3 is 2.53 bits per heavy atom. The number of rotatable bonds is 3. The molecule has 0 amide bonds. The monoisotopic (exact) mass is 418 g/mol. The summed E-state index contributed by atoms with van der Waals surface area (Å²) in [6, 6.07) is 23.2. The number of ether oxygens (including phenoxy) is 2. The molecule has 0 aromatic heterocycles. The van der Waals surface area contributed by atoms with E-state index in [4.69, 9.17) is 26.2 Å². The zero-order chi connectivity index (χ0) is 20.7. The molecule has 2 atom stereocenters. The molecule has 0 bridgehead atoms. The molecule has 0 unspecified atom stereocenters. The molecule has 150 valence electrons. The molecule has 0 saturated heterocycles. The molecule has 0 radical (unpaired) electrons. The molecule has 2 aliphatic rings. The summed E-state index contributed by atoms with van der Waals surface area (Å²) in [5.41, 5.74) is 4.58. The Balaban J connectivity index is 1.54. The van der Waals surface area contributed by atoms with E-state index >= 15 is 0 Å². The van der Waals surface area contributed by atoms with Gasteiger partial charge in [0.2, 0.25) is 6.23 Å². The van der Waals surface area contributed by atoms with Gasteiger partial charge in [-0.3, -0.25) is 0 Å². The Bertz CT molecular complexity index is 1130. The van der Waals surface area contributed by atoms with Crippen LogP contribution in [-0.4, -0.2) is 23.8 Å². The topological polar surface area (TPSA) is 51.1 Å². The average Bonchev–Trinajstić information content (AvgIpc) is 3.24. The van der Waals surface area contributed by atoms with Gasteiger partial charge in [0.1, 0.15) is 5.75 Å². The number of hydrogen-bond donors (Lipinski definition) is 0. The standard InChI is InChI=1S/C24H19ClN2O3/c1-29-24(28)17-8-6-16(7-9-17)23-27-21(19-4-2-3-5-22(19)30-23)14-20(26-27)15-10-12-18(25)13-11-15/h2-13,21,23H,14H2,1H3/t21-,23+/m0/s1. The molecule has 0 aliphatic carbocycles. The fourth-order valence-electron chi connectivity index (χ4n) is 3.97. The Labute approximate surface area is 179 Å². The number of carbonyl (C=O) groups excluding carboxylic acids is 1. The summed E-state index contributed by atoms with van der Waals surface area (Å²) in [5, 5.41) is 7.65. The first kappa shape index (κ1) is 18.7. The van der Waals surface area contributed by atoms with Gasteiger partial charge in [0.05, 0.1) is 24.4 Å². The van der Waals surface area contributed by atoms with Gasteiger partial charge in [-0.1, -0.05) is 54.1 Å². The van der Waals surface area contributed by atoms with E-state index in [2.05, 4.69) is 6.07 Å². The first-order valence-electron chi connectivity index (χ1n) is 9.69. The average molecular weight is 419 g/mol. The lowest BCUT2D eigenvalue weighted by Crippen LogP contribution is -2.33. The molecular formula is C24H19ClN2O3. The zero-order valence-electron chi connectivity index (χ0n) is 16.3. The molecule has 6 heteroatoms. The quantitative estimate of drug-likeness (QED) is 0.536. The van der Waals surface area contributed by atoms with E-state index in [-0.39, 0.29) is 18.2 Å². The number of hydrogen-bond acceptors (Lipinski definition) is 5. The minimum atomic E-state index is -0.388. The summed E-state index contributed by atoms with van der Waals surface area (Å²) < 4.78 is 11.1. The van der Waals surface area contributed by atoms with Crippen molar-refractivity contribution in [2.24, 2.45) is 5.10 Å². The minimum absolute atomic E-state index is 0.0749. The summed E-state index contributed by atoms with van der Waals surface area (Å²) >= 11 is 6.05. The van der Waals surface area contributed by atoms with Crippen molar-refractivity contribution in [3.05, 3.63) is 100 Å². The number of methoxy groups -OCH3 is 1. The number of nitrogens with zero attached hydrogens (tertiary/aromatic N) is 2. The van der Waals surface area contributed by atoms with Crippen molar-refractivity contribution in [1.82, 2.24) is 5.01 Å². The predicted molar refractivity (Wildman–Crippen MR) is 115 cm³/mol. The van der Waals surface area contributed by atoms with E-state index in [1.165, 1.54) is 7.11 Å². The van der Waals surface area contributed by atoms with E-state index in [1.54, 1.807) is 12.1 Å². The van der Waals surface area contributed by atoms with Gasteiger partial charge in [0, 0.05) is 22.6 Å². The second-order valence-electron chi connectivity index (χ2n) is 7.28. The van der Waals surface area contributed by atoms with Crippen LogP contribution < -0.4 is 4.74 Å². The Morgan fingerprint density at radius 1 is 1.07 bits per heavy atom. The molecule has 3 aromatic rings. The van der Waals surface area contributed by atoms with Crippen LogP contribution in [0.3, 0.4) is 0 Å². The van der Waals surface area contributed by atoms with Gasteiger partial charge < -0.3 is 9.47 Å². The molecule has 2 heterocycles. The lowest BCUT2D eigenvalue weighted by atomic mass is 9.96. The number of fused-ring (bicyclic) bond motifs is 3. The van der Waals surface area contributed by atoms with Crippen LogP contribution in [0, 0.1) is 0 Å². The van der Waals surface area contributed by atoms with Crippen LogP contribution in [0.15, 0.2) is 77.9 Å². The Morgan fingerprint density at radius 2 is 1.80 bits per heavy atom. The van der Waals surface area contributed by atoms with Gasteiger partial charge in [0.25, 0.3) is 0 Å². The molecule has 30 heavy (non-hydrogen) atoms. The highest BCUT2D eigenvalue weighted by Gasteiger charge is 2.40. The molecule has 0 saturated carbocycles. The van der Waals surface area contributed by atoms with E-state index in [0.717, 1.165) is 34.6 Å². The second-order valence-corrected chi connectivity index (χ2v) is 7.71. The third-order valence-corrected chi connectivity index (χ3v) is 5.75. The molecule has 3 aromatic carbocycles. The highest BCUT2D eigenvalue weighted by molar-refractivity contribution is 6.30. The fraction of sp³-hybridized carbons (Fsp3) is 0.167. The van der Waals surface area contributed by atoms with Crippen LogP contribution in [0.1, 0.15) is 45.7 Å². The van der Waals surface area contributed by atoms with Gasteiger partial charge in [-0.05, 0) is 35.9 Å². The van der Waals surface area contributed by atoms with Crippen LogP contribution in [0.4, 0.5) is 0 Å². The van der Waals surface area contributed by atoms with Gasteiger partial charge in [-0.15, -0.1) is 0 Å². The normalized spacial score (nSPS) is 19.4. The fourth-order valence-corrected chi connectivity index (χ4v) is 4.10. The van der Waals surface area contributed by atoms with E-state index in [1.807, 2.05) is 59.6 Å². The minimum Gasteiger partial charge on any atom is -0.465 e. The number of carbonyl (C=O) groups is 1. The lowest BCUT2D eigenvalue weighted by molar-refractivity contribution is -0.0190. The smallest absolute Gasteiger partial charge is 0.337 e. The SMILES string of the molecule is COC(=O)c1ccc([C@H]2Oc3ccccc3[C@@H]3CC(c4ccc(Cl)cc4)=NN23)cc1. The summed E-state index contributed by atoms with van der Waals surface area (Å²) in [5.74, 6) is 0.493. The van der Waals surface area contributed by atoms with Crippen LogP contribution in [-0.2, 0) is 4.74 Å². The maximum absolute atomic E-state index is 11.8. The summed E-state index contributed by atoms with van der Waals surface area (Å²) in [6.45, 7) is 0. The Kier molecular flexibility index (Phi) is 4.68. The predicted octanol–water partition coefficient (Wildman–Crippen LogP) is 5.37. The van der Waals surface area contributed by atoms with E-state index in [0.29, 0.717) is 10.6 Å². The van der Waals surface area contributed by atoms with Crippen molar-refractivity contribution in [2.45, 2.75) is 18.7 Å². The summed E-state index contributed by atoms with van der Waals surface area (Å²) in [6.07, 6.45) is 0.389. The highest BCUT2D eigenvalue weighted by Crippen LogP contribution is 2.47.